The summed E-state index contributed by atoms with van der Waals surface area (Å²) in [6.07, 6.45) is 5.16. The summed E-state index contributed by atoms with van der Waals surface area (Å²) in [6.45, 7) is 11.3. The minimum Gasteiger partial charge on any atom is -0.456 e. The summed E-state index contributed by atoms with van der Waals surface area (Å²) in [7, 11) is 4.71. The maximum absolute atomic E-state index is 14.3. The number of ketones is 2. The lowest BCUT2D eigenvalue weighted by Gasteiger charge is -2.47. The third kappa shape index (κ3) is 11.7. The van der Waals surface area contributed by atoms with Crippen molar-refractivity contribution >= 4 is 35.0 Å². The summed E-state index contributed by atoms with van der Waals surface area (Å²) in [5, 5.41) is 23.6. The molecule has 57 heavy (non-hydrogen) atoms. The van der Waals surface area contributed by atoms with E-state index in [1.807, 2.05) is 32.9 Å². The van der Waals surface area contributed by atoms with Gasteiger partial charge in [-0.15, -0.1) is 11.6 Å². The molecule has 3 aliphatic heterocycles. The molecule has 0 aromatic rings. The average Bonchev–Trinajstić information content (AvgIpc) is 3.18. The number of rotatable bonds is 6. The van der Waals surface area contributed by atoms with Gasteiger partial charge in [0.2, 0.25) is 5.79 Å². The van der Waals surface area contributed by atoms with Gasteiger partial charge in [0.05, 0.1) is 29.8 Å². The fourth-order valence-electron chi connectivity index (χ4n) is 9.36. The monoisotopic (exact) mass is 827 g/mol. The van der Waals surface area contributed by atoms with Gasteiger partial charge in [-0.2, -0.15) is 0 Å². The number of aliphatic hydroxyl groups is 2. The van der Waals surface area contributed by atoms with E-state index in [4.69, 9.17) is 35.3 Å². The van der Waals surface area contributed by atoms with Gasteiger partial charge in [-0.1, -0.05) is 45.4 Å². The third-order valence-electron chi connectivity index (χ3n) is 12.8. The minimum absolute atomic E-state index is 0. The largest absolute Gasteiger partial charge is 0.456 e. The van der Waals surface area contributed by atoms with Gasteiger partial charge in [0.1, 0.15) is 24.0 Å². The summed E-state index contributed by atoms with van der Waals surface area (Å²) in [5.74, 6) is -7.31. The molecular formula is C43H70ClNO12. The number of esters is 1. The molecule has 14 atom stereocenters. The van der Waals surface area contributed by atoms with E-state index < -0.39 is 77.8 Å². The van der Waals surface area contributed by atoms with Crippen LogP contribution in [0.5, 0.6) is 0 Å². The molecule has 4 aliphatic rings. The number of carbonyl (C=O) groups is 4. The van der Waals surface area contributed by atoms with Gasteiger partial charge in [0.25, 0.3) is 11.7 Å². The van der Waals surface area contributed by atoms with Crippen molar-refractivity contribution in [2.24, 2.45) is 29.6 Å². The molecule has 1 amide bonds. The molecule has 2 bridgehead atoms. The van der Waals surface area contributed by atoms with E-state index in [2.05, 4.69) is 6.92 Å². The molecule has 0 spiro atoms. The number of halogens is 1. The van der Waals surface area contributed by atoms with Gasteiger partial charge >= 0.3 is 5.97 Å². The van der Waals surface area contributed by atoms with Crippen LogP contribution in [0.15, 0.2) is 23.3 Å². The second-order valence-electron chi connectivity index (χ2n) is 17.1. The zero-order valence-corrected chi connectivity index (χ0v) is 36.3. The number of cyclic esters (lactones) is 1. The molecular weight excluding hydrogens is 758 g/mol. The smallest absolute Gasteiger partial charge is 0.329 e. The highest BCUT2D eigenvalue weighted by atomic mass is 35.5. The average molecular weight is 828 g/mol. The SMILES string of the molecule is CC[C@@H]1/C=C(\C)C[C@H](C)C[C@H](OC)[C@H]2O[C@@](O)(C(=O)C(=O)N3CCCC[C@H]3C(=O)O[C@H](/C(C)=C/[C@@H]3CC[C@@H](Cl)[C@H](OC)C3)[C@H](C)[C@@H](O)CC1=O)[C@H](C)C[C@@H]2OC.O. The second-order valence-corrected chi connectivity index (χ2v) is 17.7. The fraction of sp³-hybridized carbons (Fsp3) is 0.814. The van der Waals surface area contributed by atoms with E-state index in [1.54, 1.807) is 21.0 Å². The normalized spacial score (nSPS) is 40.8. The van der Waals surface area contributed by atoms with Gasteiger partial charge < -0.3 is 44.3 Å². The Hall–Kier alpha value is -2.23. The standard InChI is InChI=1S/C43H68ClNO11.H2O/c1-10-30-18-24(2)17-25(3)19-36(53-8)39-37(54-9)21-27(5)43(51,56-39)40(48)41(49)45-16-12-11-13-32(45)42(50)55-38(28(6)33(46)23-34(30)47)26(4)20-29-14-15-31(44)35(22-29)52-7;/h18,20,25,27-33,35-39,46,51H,10-17,19,21-23H2,1-9H3;1H2/b24-18+,26-20+;/t25-,27+,28+,29-,30+,31+,32-,33-,35+,36-,37-,38+,39+,43+;/m0./s1. The number of alkyl halides is 1. The zero-order valence-electron chi connectivity index (χ0n) is 35.5. The molecule has 3 heterocycles. The Balaban J connectivity index is 0.00000870. The Kier molecular flexibility index (Phi) is 18.8. The van der Waals surface area contributed by atoms with Crippen LogP contribution >= 0.6 is 11.6 Å². The van der Waals surface area contributed by atoms with Gasteiger partial charge in [-0.05, 0) is 95.5 Å². The predicted octanol–water partition coefficient (Wildman–Crippen LogP) is 4.89. The first-order valence-corrected chi connectivity index (χ1v) is 21.2. The molecule has 13 nitrogen and oxygen atoms in total. The molecule has 2 saturated heterocycles. The van der Waals surface area contributed by atoms with E-state index in [9.17, 15) is 29.4 Å². The predicted molar refractivity (Wildman–Crippen MR) is 215 cm³/mol. The summed E-state index contributed by atoms with van der Waals surface area (Å²) in [4.78, 5) is 57.7. The number of piperidine rings is 1. The molecule has 4 rings (SSSR count). The van der Waals surface area contributed by atoms with Gasteiger partial charge in [-0.25, -0.2) is 4.79 Å². The number of hydrogen-bond acceptors (Lipinski definition) is 11. The third-order valence-corrected chi connectivity index (χ3v) is 13.3. The Morgan fingerprint density at radius 1 is 0.965 bits per heavy atom. The van der Waals surface area contributed by atoms with Crippen LogP contribution in [0.4, 0.5) is 0 Å². The van der Waals surface area contributed by atoms with Crippen LogP contribution in [0.3, 0.4) is 0 Å². The first-order chi connectivity index (χ1) is 26.5. The maximum atomic E-state index is 14.3. The minimum atomic E-state index is -2.49. The molecule has 326 valence electrons. The van der Waals surface area contributed by atoms with Crippen LogP contribution in [0.25, 0.3) is 0 Å². The summed E-state index contributed by atoms with van der Waals surface area (Å²) in [5.41, 5.74) is 1.71. The van der Waals surface area contributed by atoms with Crippen molar-refractivity contribution in [3.63, 3.8) is 0 Å². The lowest BCUT2D eigenvalue weighted by Crippen LogP contribution is -2.64. The van der Waals surface area contributed by atoms with Crippen LogP contribution in [0.2, 0.25) is 0 Å². The number of allylic oxidation sites excluding steroid dienone is 3. The van der Waals surface area contributed by atoms with Crippen LogP contribution in [0.1, 0.15) is 112 Å². The number of nitrogens with zero attached hydrogens (tertiary/aromatic N) is 1. The van der Waals surface area contributed by atoms with Crippen molar-refractivity contribution in [2.45, 2.75) is 166 Å². The van der Waals surface area contributed by atoms with Crippen LogP contribution < -0.4 is 0 Å². The Bertz CT molecular complexity index is 1440. The van der Waals surface area contributed by atoms with E-state index in [1.165, 1.54) is 19.1 Å². The zero-order chi connectivity index (χ0) is 41.5. The maximum Gasteiger partial charge on any atom is 0.329 e. The molecule has 3 fully saturated rings. The number of amides is 1. The number of carbonyl (C=O) groups excluding carboxylic acids is 4. The number of Topliss-reactive ketones (excluding diaryl/α,β-unsaturated/α-hetero) is 2. The van der Waals surface area contributed by atoms with Crippen LogP contribution in [-0.2, 0) is 42.9 Å². The first kappa shape index (κ1) is 49.1. The molecule has 4 N–H and O–H groups in total. The molecule has 0 unspecified atom stereocenters. The van der Waals surface area contributed by atoms with Gasteiger partial charge in [-0.3, -0.25) is 14.4 Å². The molecule has 1 saturated carbocycles. The number of fused-ring (bicyclic) bond motifs is 3. The summed E-state index contributed by atoms with van der Waals surface area (Å²) in [6, 6.07) is -1.12. The highest BCUT2D eigenvalue weighted by molar-refractivity contribution is 6.39. The van der Waals surface area contributed by atoms with E-state index in [0.717, 1.165) is 18.4 Å². The Morgan fingerprint density at radius 3 is 2.25 bits per heavy atom. The lowest BCUT2D eigenvalue weighted by molar-refractivity contribution is -0.302. The molecule has 0 aromatic carbocycles. The quantitative estimate of drug-likeness (QED) is 0.161. The summed E-state index contributed by atoms with van der Waals surface area (Å²) < 4.78 is 29.9. The van der Waals surface area contributed by atoms with Crippen molar-refractivity contribution in [3.8, 4) is 0 Å². The number of hydrogen-bond donors (Lipinski definition) is 2. The van der Waals surface area contributed by atoms with Crippen molar-refractivity contribution in [1.82, 2.24) is 4.90 Å². The molecule has 1 aliphatic carbocycles. The lowest BCUT2D eigenvalue weighted by atomic mass is 9.82. The second kappa shape index (κ2) is 21.9. The van der Waals surface area contributed by atoms with Crippen molar-refractivity contribution in [3.05, 3.63) is 23.3 Å². The summed E-state index contributed by atoms with van der Waals surface area (Å²) >= 11 is 6.52. The van der Waals surface area contributed by atoms with E-state index in [0.29, 0.717) is 44.1 Å². The number of aliphatic hydroxyl groups excluding tert-OH is 1. The van der Waals surface area contributed by atoms with Crippen molar-refractivity contribution < 1.29 is 58.6 Å². The molecule has 14 heteroatoms. The molecule has 0 aromatic heterocycles. The van der Waals surface area contributed by atoms with Gasteiger partial charge in [0.15, 0.2) is 0 Å². The number of ether oxygens (including phenoxy) is 5. The number of methoxy groups -OCH3 is 3. The van der Waals surface area contributed by atoms with Gasteiger partial charge in [0, 0.05) is 52.0 Å². The van der Waals surface area contributed by atoms with Crippen LogP contribution in [0, 0.1) is 29.6 Å². The van der Waals surface area contributed by atoms with Crippen molar-refractivity contribution in [1.29, 1.82) is 0 Å². The highest BCUT2D eigenvalue weighted by Gasteiger charge is 2.56. The van der Waals surface area contributed by atoms with Crippen LogP contribution in [-0.4, -0.2) is 126 Å². The Labute approximate surface area is 344 Å². The topological polar surface area (TPSA) is 190 Å². The highest BCUT2D eigenvalue weighted by Crippen LogP contribution is 2.39. The van der Waals surface area contributed by atoms with E-state index in [-0.39, 0.29) is 60.4 Å². The Morgan fingerprint density at radius 2 is 1.61 bits per heavy atom. The first-order valence-electron chi connectivity index (χ1n) is 20.7. The van der Waals surface area contributed by atoms with E-state index >= 15 is 0 Å². The fourth-order valence-corrected chi connectivity index (χ4v) is 9.69. The molecule has 0 radical (unpaired) electrons. The van der Waals surface area contributed by atoms with Crippen molar-refractivity contribution in [2.75, 3.05) is 27.9 Å².